The van der Waals surface area contributed by atoms with E-state index in [1.54, 1.807) is 13.3 Å². The Bertz CT molecular complexity index is 398. The molecule has 0 bridgehead atoms. The number of methoxy groups -OCH3 is 1. The van der Waals surface area contributed by atoms with Gasteiger partial charge in [0.25, 0.3) is 0 Å². The third-order valence-corrected chi connectivity index (χ3v) is 3.55. The van der Waals surface area contributed by atoms with E-state index in [0.717, 1.165) is 30.8 Å². The molecule has 0 aromatic carbocycles. The maximum atomic E-state index is 6.00. The molecule has 5 heteroatoms. The molecule has 1 rings (SSSR count). The number of aromatic nitrogens is 2. The van der Waals surface area contributed by atoms with Gasteiger partial charge in [-0.25, -0.2) is 0 Å². The van der Waals surface area contributed by atoms with Gasteiger partial charge >= 0.3 is 0 Å². The average Bonchev–Trinajstić information content (AvgIpc) is 2.88. The molecule has 5 nitrogen and oxygen atoms in total. The number of ether oxygens (including phenoxy) is 2. The monoisotopic (exact) mass is 297 g/mol. The van der Waals surface area contributed by atoms with Crippen LogP contribution >= 0.6 is 0 Å². The molecule has 0 saturated heterocycles. The van der Waals surface area contributed by atoms with E-state index in [4.69, 9.17) is 9.47 Å². The Labute approximate surface area is 129 Å². The number of hydrogen-bond donors (Lipinski definition) is 1. The average molecular weight is 297 g/mol. The van der Waals surface area contributed by atoms with Gasteiger partial charge in [0.2, 0.25) is 0 Å². The molecule has 21 heavy (non-hydrogen) atoms. The molecule has 1 N–H and O–H groups in total. The summed E-state index contributed by atoms with van der Waals surface area (Å²) in [5, 5.41) is 8.05. The van der Waals surface area contributed by atoms with Crippen molar-refractivity contribution in [2.75, 3.05) is 20.3 Å². The van der Waals surface area contributed by atoms with Crippen LogP contribution in [0.25, 0.3) is 0 Å². The highest BCUT2D eigenvalue weighted by Gasteiger charge is 2.29. The van der Waals surface area contributed by atoms with Crippen LogP contribution in [0.3, 0.4) is 0 Å². The molecule has 0 aliphatic heterocycles. The topological polar surface area (TPSA) is 48.3 Å². The Kier molecular flexibility index (Phi) is 7.75. The van der Waals surface area contributed by atoms with Crippen molar-refractivity contribution in [1.82, 2.24) is 15.1 Å². The molecule has 1 heterocycles. The van der Waals surface area contributed by atoms with E-state index in [1.165, 1.54) is 0 Å². The largest absolute Gasteiger partial charge is 0.493 e. The Morgan fingerprint density at radius 3 is 2.48 bits per heavy atom. The molecule has 0 aliphatic rings. The molecule has 2 unspecified atom stereocenters. The predicted molar refractivity (Wildman–Crippen MR) is 85.9 cm³/mol. The number of likely N-dealkylation sites (N-methyl/N-ethyl adjacent to an activating group) is 1. The summed E-state index contributed by atoms with van der Waals surface area (Å²) in [5.41, 5.74) is 1.08. The van der Waals surface area contributed by atoms with Crippen molar-refractivity contribution in [2.24, 2.45) is 0 Å². The summed E-state index contributed by atoms with van der Waals surface area (Å²) < 4.78 is 13.6. The Hall–Kier alpha value is -1.07. The van der Waals surface area contributed by atoms with E-state index < -0.39 is 0 Å². The lowest BCUT2D eigenvalue weighted by molar-refractivity contribution is 0.0248. The highest BCUT2D eigenvalue weighted by Crippen LogP contribution is 2.32. The summed E-state index contributed by atoms with van der Waals surface area (Å²) in [6.07, 6.45) is 4.03. The highest BCUT2D eigenvalue weighted by atomic mass is 16.5. The van der Waals surface area contributed by atoms with Crippen LogP contribution in [0.2, 0.25) is 0 Å². The lowest BCUT2D eigenvalue weighted by atomic mass is 10.0. The number of hydrogen-bond acceptors (Lipinski definition) is 4. The zero-order valence-corrected chi connectivity index (χ0v) is 14.3. The zero-order chi connectivity index (χ0) is 15.8. The second-order valence-electron chi connectivity index (χ2n) is 5.45. The van der Waals surface area contributed by atoms with Crippen LogP contribution in [-0.4, -0.2) is 36.1 Å². The first-order valence-electron chi connectivity index (χ1n) is 8.06. The van der Waals surface area contributed by atoms with E-state index in [0.29, 0.717) is 6.61 Å². The van der Waals surface area contributed by atoms with Gasteiger partial charge in [-0.2, -0.15) is 5.10 Å². The fourth-order valence-electron chi connectivity index (χ4n) is 2.69. The minimum Gasteiger partial charge on any atom is -0.493 e. The maximum Gasteiger partial charge on any atom is 0.161 e. The van der Waals surface area contributed by atoms with Crippen LogP contribution < -0.4 is 10.1 Å². The van der Waals surface area contributed by atoms with E-state index in [-0.39, 0.29) is 18.2 Å². The summed E-state index contributed by atoms with van der Waals surface area (Å²) in [6, 6.07) is 0.378. The SMILES string of the molecule is CCCC(OCC)C(NCC)c1c(OC)cnn1C(C)C. The standard InChI is InChI=1S/C16H31N3O2/c1-7-10-13(21-9-3)15(17-8-2)16-14(20-6)11-18-19(16)12(4)5/h11-13,15,17H,7-10H2,1-6H3. The van der Waals surface area contributed by atoms with Gasteiger partial charge in [-0.15, -0.1) is 0 Å². The quantitative estimate of drug-likeness (QED) is 0.719. The lowest BCUT2D eigenvalue weighted by Crippen LogP contribution is -2.36. The fourth-order valence-corrected chi connectivity index (χ4v) is 2.69. The van der Waals surface area contributed by atoms with Crippen molar-refractivity contribution in [1.29, 1.82) is 0 Å². The zero-order valence-electron chi connectivity index (χ0n) is 14.3. The molecule has 1 aromatic rings. The lowest BCUT2D eigenvalue weighted by Gasteiger charge is -2.29. The summed E-state index contributed by atoms with van der Waals surface area (Å²) in [6.45, 7) is 12.2. The van der Waals surface area contributed by atoms with Gasteiger partial charge in [-0.05, 0) is 33.7 Å². The fraction of sp³-hybridized carbons (Fsp3) is 0.812. The first kappa shape index (κ1) is 18.0. The number of nitrogens with zero attached hydrogens (tertiary/aromatic N) is 2. The molecular weight excluding hydrogens is 266 g/mol. The number of nitrogens with one attached hydrogen (secondary N) is 1. The summed E-state index contributed by atoms with van der Waals surface area (Å²) >= 11 is 0. The molecule has 2 atom stereocenters. The van der Waals surface area contributed by atoms with Gasteiger partial charge in [0, 0.05) is 12.6 Å². The highest BCUT2D eigenvalue weighted by molar-refractivity contribution is 5.29. The Morgan fingerprint density at radius 2 is 2.00 bits per heavy atom. The van der Waals surface area contributed by atoms with Gasteiger partial charge in [-0.3, -0.25) is 4.68 Å². The molecule has 122 valence electrons. The smallest absolute Gasteiger partial charge is 0.161 e. The first-order chi connectivity index (χ1) is 10.1. The second kappa shape index (κ2) is 9.05. The molecule has 0 fully saturated rings. The van der Waals surface area contributed by atoms with Crippen molar-refractivity contribution in [3.8, 4) is 5.75 Å². The van der Waals surface area contributed by atoms with Crippen LogP contribution in [0.4, 0.5) is 0 Å². The normalized spacial score (nSPS) is 14.4. The third-order valence-electron chi connectivity index (χ3n) is 3.55. The molecule has 1 aromatic heterocycles. The van der Waals surface area contributed by atoms with Crippen molar-refractivity contribution in [3.63, 3.8) is 0 Å². The Morgan fingerprint density at radius 1 is 1.29 bits per heavy atom. The van der Waals surface area contributed by atoms with Gasteiger partial charge in [-0.1, -0.05) is 20.3 Å². The van der Waals surface area contributed by atoms with Crippen LogP contribution in [0.15, 0.2) is 6.20 Å². The third kappa shape index (κ3) is 4.45. The minimum absolute atomic E-state index is 0.0924. The summed E-state index contributed by atoms with van der Waals surface area (Å²) in [4.78, 5) is 0. The van der Waals surface area contributed by atoms with Crippen LogP contribution in [-0.2, 0) is 4.74 Å². The summed E-state index contributed by atoms with van der Waals surface area (Å²) in [7, 11) is 1.70. The van der Waals surface area contributed by atoms with Crippen molar-refractivity contribution >= 4 is 0 Å². The van der Waals surface area contributed by atoms with Gasteiger partial charge < -0.3 is 14.8 Å². The van der Waals surface area contributed by atoms with Crippen LogP contribution in [0, 0.1) is 0 Å². The summed E-state index contributed by atoms with van der Waals surface area (Å²) in [5.74, 6) is 0.829. The van der Waals surface area contributed by atoms with E-state index in [2.05, 4.69) is 38.1 Å². The first-order valence-corrected chi connectivity index (χ1v) is 8.06. The Balaban J connectivity index is 3.21. The van der Waals surface area contributed by atoms with Crippen molar-refractivity contribution in [3.05, 3.63) is 11.9 Å². The van der Waals surface area contributed by atoms with Gasteiger partial charge in [0.15, 0.2) is 5.75 Å². The second-order valence-corrected chi connectivity index (χ2v) is 5.45. The molecule has 0 radical (unpaired) electrons. The van der Waals surface area contributed by atoms with Crippen molar-refractivity contribution < 1.29 is 9.47 Å². The molecule has 0 spiro atoms. The van der Waals surface area contributed by atoms with Gasteiger partial charge in [0.1, 0.15) is 5.69 Å². The molecular formula is C16H31N3O2. The molecule has 0 amide bonds. The minimum atomic E-state index is 0.0924. The van der Waals surface area contributed by atoms with Crippen LogP contribution in [0.5, 0.6) is 5.75 Å². The van der Waals surface area contributed by atoms with E-state index in [1.807, 2.05) is 11.6 Å². The predicted octanol–water partition coefficient (Wildman–Crippen LogP) is 3.33. The van der Waals surface area contributed by atoms with Crippen LogP contribution in [0.1, 0.15) is 65.2 Å². The molecule has 0 aliphatic carbocycles. The molecule has 0 saturated carbocycles. The van der Waals surface area contributed by atoms with Gasteiger partial charge in [0.05, 0.1) is 25.5 Å². The van der Waals surface area contributed by atoms with E-state index in [9.17, 15) is 0 Å². The van der Waals surface area contributed by atoms with Crippen molar-refractivity contribution in [2.45, 2.75) is 65.6 Å². The maximum absolute atomic E-state index is 6.00. The number of rotatable bonds is 10. The van der Waals surface area contributed by atoms with E-state index >= 15 is 0 Å².